The van der Waals surface area contributed by atoms with Crippen LogP contribution in [0.5, 0.6) is 0 Å². The summed E-state index contributed by atoms with van der Waals surface area (Å²) in [5.41, 5.74) is 0. The molecule has 150 valence electrons. The van der Waals surface area contributed by atoms with Crippen molar-refractivity contribution in [1.29, 1.82) is 0 Å². The van der Waals surface area contributed by atoms with Gasteiger partial charge in [-0.1, -0.05) is 64.6 Å². The van der Waals surface area contributed by atoms with Crippen molar-refractivity contribution < 1.29 is 29.9 Å². The third-order valence-electron chi connectivity index (χ3n) is 5.12. The fourth-order valence-corrected chi connectivity index (χ4v) is 5.29. The van der Waals surface area contributed by atoms with Crippen LogP contribution in [0.25, 0.3) is 0 Å². The normalized spacial score (nSPS) is 30.6. The molecule has 25 heavy (non-hydrogen) atoms. The van der Waals surface area contributed by atoms with Gasteiger partial charge in [-0.2, -0.15) is 0 Å². The SMILES string of the molecule is CCCCCCCC[Si](C)(C)CCOC1OC(CO)C(O)C(O)C1O. The van der Waals surface area contributed by atoms with Crippen molar-refractivity contribution in [1.82, 2.24) is 0 Å². The Morgan fingerprint density at radius 2 is 1.52 bits per heavy atom. The van der Waals surface area contributed by atoms with E-state index in [2.05, 4.69) is 20.0 Å². The third kappa shape index (κ3) is 8.03. The average Bonchev–Trinajstić information content (AvgIpc) is 2.58. The van der Waals surface area contributed by atoms with Crippen LogP contribution in [-0.2, 0) is 9.47 Å². The fourth-order valence-electron chi connectivity index (χ4n) is 3.17. The molecular formula is C18H38O6Si. The van der Waals surface area contributed by atoms with Crippen molar-refractivity contribution in [3.05, 3.63) is 0 Å². The van der Waals surface area contributed by atoms with E-state index in [1.54, 1.807) is 0 Å². The van der Waals surface area contributed by atoms with Crippen molar-refractivity contribution in [2.24, 2.45) is 0 Å². The first-order chi connectivity index (χ1) is 11.8. The van der Waals surface area contributed by atoms with Crippen molar-refractivity contribution >= 4 is 8.07 Å². The van der Waals surface area contributed by atoms with Gasteiger partial charge in [0.15, 0.2) is 6.29 Å². The lowest BCUT2D eigenvalue weighted by Gasteiger charge is -2.39. The lowest BCUT2D eigenvalue weighted by Crippen LogP contribution is -2.59. The molecule has 4 N–H and O–H groups in total. The zero-order chi connectivity index (χ0) is 18.9. The van der Waals surface area contributed by atoms with Crippen LogP contribution in [0.4, 0.5) is 0 Å². The van der Waals surface area contributed by atoms with Gasteiger partial charge in [-0.15, -0.1) is 0 Å². The number of aliphatic hydroxyl groups is 4. The highest BCUT2D eigenvalue weighted by Gasteiger charge is 2.44. The van der Waals surface area contributed by atoms with E-state index in [9.17, 15) is 20.4 Å². The molecule has 7 heteroatoms. The Morgan fingerprint density at radius 3 is 2.16 bits per heavy atom. The second-order valence-corrected chi connectivity index (χ2v) is 13.3. The number of hydrogen-bond donors (Lipinski definition) is 4. The van der Waals surface area contributed by atoms with Gasteiger partial charge in [0.05, 0.1) is 6.61 Å². The molecule has 5 unspecified atom stereocenters. The van der Waals surface area contributed by atoms with Gasteiger partial charge in [0.2, 0.25) is 0 Å². The summed E-state index contributed by atoms with van der Waals surface area (Å²) in [6, 6.07) is 2.22. The van der Waals surface area contributed by atoms with E-state index in [1.807, 2.05) is 0 Å². The maximum absolute atomic E-state index is 9.96. The van der Waals surface area contributed by atoms with E-state index >= 15 is 0 Å². The van der Waals surface area contributed by atoms with E-state index in [0.717, 1.165) is 6.04 Å². The average molecular weight is 379 g/mol. The smallest absolute Gasteiger partial charge is 0.186 e. The minimum atomic E-state index is -1.37. The summed E-state index contributed by atoms with van der Waals surface area (Å²) in [4.78, 5) is 0. The van der Waals surface area contributed by atoms with Crippen molar-refractivity contribution in [3.8, 4) is 0 Å². The Bertz CT molecular complexity index is 352. The van der Waals surface area contributed by atoms with Crippen LogP contribution < -0.4 is 0 Å². The van der Waals surface area contributed by atoms with E-state index in [1.165, 1.54) is 44.6 Å². The molecule has 0 spiro atoms. The molecule has 5 atom stereocenters. The topological polar surface area (TPSA) is 99.4 Å². The molecule has 1 fully saturated rings. The largest absolute Gasteiger partial charge is 0.394 e. The van der Waals surface area contributed by atoms with Crippen LogP contribution in [-0.4, -0.2) is 72.4 Å². The summed E-state index contributed by atoms with van der Waals surface area (Å²) < 4.78 is 11.0. The third-order valence-corrected chi connectivity index (χ3v) is 8.38. The number of hydrogen-bond acceptors (Lipinski definition) is 6. The quantitative estimate of drug-likeness (QED) is 0.306. The number of unbranched alkanes of at least 4 members (excludes halogenated alkanes) is 5. The molecule has 1 rings (SSSR count). The Labute approximate surface area is 153 Å². The second-order valence-electron chi connectivity index (χ2n) is 8.00. The summed E-state index contributed by atoms with van der Waals surface area (Å²) >= 11 is 0. The van der Waals surface area contributed by atoms with Crippen LogP contribution in [0.2, 0.25) is 25.2 Å². The molecule has 0 aromatic rings. The minimum absolute atomic E-state index is 0.427. The van der Waals surface area contributed by atoms with Gasteiger partial charge in [-0.05, 0) is 6.04 Å². The number of rotatable bonds is 12. The predicted octanol–water partition coefficient (Wildman–Crippen LogP) is 1.87. The van der Waals surface area contributed by atoms with Crippen molar-refractivity contribution in [2.45, 2.75) is 101 Å². The predicted molar refractivity (Wildman–Crippen MR) is 100 cm³/mol. The van der Waals surface area contributed by atoms with Crippen LogP contribution in [0.3, 0.4) is 0 Å². The maximum Gasteiger partial charge on any atom is 0.186 e. The summed E-state index contributed by atoms with van der Waals surface area (Å²) in [6.07, 6.45) is 1.89. The highest BCUT2D eigenvalue weighted by molar-refractivity contribution is 6.77. The molecule has 0 saturated carbocycles. The lowest BCUT2D eigenvalue weighted by molar-refractivity contribution is -0.300. The van der Waals surface area contributed by atoms with E-state index in [-0.39, 0.29) is 0 Å². The fraction of sp³-hybridized carbons (Fsp3) is 1.00. The van der Waals surface area contributed by atoms with Gasteiger partial charge in [0.25, 0.3) is 0 Å². The first kappa shape index (κ1) is 23.0. The van der Waals surface area contributed by atoms with Gasteiger partial charge in [0, 0.05) is 14.7 Å². The molecule has 1 aliphatic rings. The van der Waals surface area contributed by atoms with E-state index in [4.69, 9.17) is 9.47 Å². The molecule has 6 nitrogen and oxygen atoms in total. The molecule has 1 saturated heterocycles. The molecule has 0 aromatic carbocycles. The summed E-state index contributed by atoms with van der Waals surface area (Å²) in [6.45, 7) is 6.94. The Balaban J connectivity index is 2.27. The molecule has 0 aliphatic carbocycles. The van der Waals surface area contributed by atoms with Crippen LogP contribution in [0.15, 0.2) is 0 Å². The molecular weight excluding hydrogens is 340 g/mol. The van der Waals surface area contributed by atoms with Crippen LogP contribution in [0, 0.1) is 0 Å². The molecule has 0 amide bonds. The van der Waals surface area contributed by atoms with E-state index in [0.29, 0.717) is 6.61 Å². The zero-order valence-electron chi connectivity index (χ0n) is 16.1. The molecule has 1 aliphatic heterocycles. The molecule has 1 heterocycles. The Morgan fingerprint density at radius 1 is 0.880 bits per heavy atom. The number of ether oxygens (including phenoxy) is 2. The minimum Gasteiger partial charge on any atom is -0.394 e. The zero-order valence-corrected chi connectivity index (χ0v) is 17.1. The summed E-state index contributed by atoms with van der Waals surface area (Å²) in [5, 5.41) is 38.7. The highest BCUT2D eigenvalue weighted by atomic mass is 28.3. The Kier molecular flexibility index (Phi) is 10.7. The van der Waals surface area contributed by atoms with Crippen LogP contribution >= 0.6 is 0 Å². The first-order valence-electron chi connectivity index (χ1n) is 9.74. The highest BCUT2D eigenvalue weighted by Crippen LogP contribution is 2.24. The van der Waals surface area contributed by atoms with Crippen molar-refractivity contribution in [3.63, 3.8) is 0 Å². The van der Waals surface area contributed by atoms with Gasteiger partial charge in [-0.3, -0.25) is 0 Å². The molecule has 0 radical (unpaired) electrons. The Hall–Kier alpha value is -0.0231. The standard InChI is InChI=1S/C18H38O6Si/c1-4-5-6-7-8-9-11-25(2,3)12-10-23-18-17(22)16(21)15(20)14(13-19)24-18/h14-22H,4-13H2,1-3H3. The first-order valence-corrected chi connectivity index (χ1v) is 13.2. The van der Waals surface area contributed by atoms with Gasteiger partial charge in [0.1, 0.15) is 24.4 Å². The lowest BCUT2D eigenvalue weighted by atomic mass is 9.99. The van der Waals surface area contributed by atoms with Gasteiger partial charge in [-0.25, -0.2) is 0 Å². The maximum atomic E-state index is 9.96. The van der Waals surface area contributed by atoms with E-state index < -0.39 is 45.4 Å². The monoisotopic (exact) mass is 378 g/mol. The number of aliphatic hydroxyl groups excluding tert-OH is 4. The summed E-state index contributed by atoms with van der Waals surface area (Å²) in [5.74, 6) is 0. The molecule has 0 aromatic heterocycles. The van der Waals surface area contributed by atoms with Gasteiger partial charge < -0.3 is 29.9 Å². The molecule has 0 bridgehead atoms. The van der Waals surface area contributed by atoms with Crippen molar-refractivity contribution in [2.75, 3.05) is 13.2 Å². The van der Waals surface area contributed by atoms with Crippen LogP contribution in [0.1, 0.15) is 45.4 Å². The van der Waals surface area contributed by atoms with Gasteiger partial charge >= 0.3 is 0 Å². The second kappa shape index (κ2) is 11.6. The summed E-state index contributed by atoms with van der Waals surface area (Å²) in [7, 11) is -1.36.